The number of hydrogen-bond donors (Lipinski definition) is 1. The fraction of sp³-hybridized carbons (Fsp3) is 0.250. The zero-order chi connectivity index (χ0) is 10.0. The van der Waals surface area contributed by atoms with Gasteiger partial charge in [-0.3, -0.25) is 0 Å². The molecule has 68 valence electrons. The van der Waals surface area contributed by atoms with E-state index in [-0.39, 0.29) is 22.5 Å². The van der Waals surface area contributed by atoms with Gasteiger partial charge in [0.1, 0.15) is 11.9 Å². The van der Waals surface area contributed by atoms with Gasteiger partial charge in [0.15, 0.2) is 0 Å². The number of hydrogen-bond acceptors (Lipinski definition) is 3. The molecule has 2 N–H and O–H groups in total. The maximum atomic E-state index is 12.3. The lowest BCUT2D eigenvalue weighted by molar-refractivity contribution is 0.150. The van der Waals surface area contributed by atoms with E-state index in [1.165, 1.54) is 6.92 Å². The molecule has 0 fully saturated rings. The Balaban J connectivity index is 3.38. The third-order valence-electron chi connectivity index (χ3n) is 1.75. The van der Waals surface area contributed by atoms with Crippen LogP contribution in [0.15, 0.2) is 6.20 Å². The van der Waals surface area contributed by atoms with E-state index in [1.807, 2.05) is 0 Å². The first kappa shape index (κ1) is 9.39. The minimum atomic E-state index is -2.62. The van der Waals surface area contributed by atoms with Crippen LogP contribution < -0.4 is 5.73 Å². The summed E-state index contributed by atoms with van der Waals surface area (Å²) in [6, 6.07) is 1.74. The molecule has 0 aliphatic heterocycles. The number of aromatic nitrogens is 1. The Morgan fingerprint density at radius 1 is 1.62 bits per heavy atom. The minimum absolute atomic E-state index is 0.00981. The standard InChI is InChI=1S/C8H7F2N3/c1-4-5(2-11)8(12)13-3-6(4)7(9)10/h3,7H,1H3,(H2,12,13). The first-order valence-corrected chi connectivity index (χ1v) is 3.51. The van der Waals surface area contributed by atoms with Gasteiger partial charge in [0.25, 0.3) is 6.43 Å². The van der Waals surface area contributed by atoms with Gasteiger partial charge >= 0.3 is 0 Å². The summed E-state index contributed by atoms with van der Waals surface area (Å²) in [6.45, 7) is 1.43. The monoisotopic (exact) mass is 183 g/mol. The number of nitriles is 1. The van der Waals surface area contributed by atoms with Crippen molar-refractivity contribution in [2.24, 2.45) is 0 Å². The number of pyridine rings is 1. The van der Waals surface area contributed by atoms with Crippen molar-refractivity contribution in [3.63, 3.8) is 0 Å². The molecule has 0 amide bonds. The van der Waals surface area contributed by atoms with E-state index in [2.05, 4.69) is 4.98 Å². The summed E-state index contributed by atoms with van der Waals surface area (Å²) in [5.74, 6) is -0.00981. The Hall–Kier alpha value is -1.70. The molecule has 3 nitrogen and oxygen atoms in total. The molecule has 0 saturated carbocycles. The van der Waals surface area contributed by atoms with E-state index < -0.39 is 6.43 Å². The van der Waals surface area contributed by atoms with Gasteiger partial charge in [-0.2, -0.15) is 5.26 Å². The highest BCUT2D eigenvalue weighted by molar-refractivity contribution is 5.54. The van der Waals surface area contributed by atoms with Crippen LogP contribution >= 0.6 is 0 Å². The smallest absolute Gasteiger partial charge is 0.265 e. The van der Waals surface area contributed by atoms with E-state index in [0.717, 1.165) is 6.20 Å². The van der Waals surface area contributed by atoms with Gasteiger partial charge in [-0.15, -0.1) is 0 Å². The average molecular weight is 183 g/mol. The normalized spacial score (nSPS) is 10.1. The predicted molar refractivity (Wildman–Crippen MR) is 43.1 cm³/mol. The first-order valence-electron chi connectivity index (χ1n) is 3.51. The van der Waals surface area contributed by atoms with Crippen LogP contribution in [-0.2, 0) is 0 Å². The molecule has 0 aliphatic carbocycles. The number of nitrogen functional groups attached to an aromatic ring is 1. The van der Waals surface area contributed by atoms with Crippen molar-refractivity contribution in [3.05, 3.63) is 22.9 Å². The van der Waals surface area contributed by atoms with Crippen molar-refractivity contribution < 1.29 is 8.78 Å². The Labute approximate surface area is 73.8 Å². The number of rotatable bonds is 1. The van der Waals surface area contributed by atoms with Crippen molar-refractivity contribution in [2.45, 2.75) is 13.3 Å². The molecule has 1 heterocycles. The van der Waals surface area contributed by atoms with Crippen molar-refractivity contribution in [2.75, 3.05) is 5.73 Å². The number of nitrogens with zero attached hydrogens (tertiary/aromatic N) is 2. The lowest BCUT2D eigenvalue weighted by atomic mass is 10.1. The molecule has 13 heavy (non-hydrogen) atoms. The summed E-state index contributed by atoms with van der Waals surface area (Å²) < 4.78 is 24.6. The van der Waals surface area contributed by atoms with Gasteiger partial charge in [0.2, 0.25) is 0 Å². The van der Waals surface area contributed by atoms with E-state index in [0.29, 0.717) is 0 Å². The summed E-state index contributed by atoms with van der Waals surface area (Å²) in [7, 11) is 0. The fourth-order valence-corrected chi connectivity index (χ4v) is 0.998. The molecule has 0 spiro atoms. The highest BCUT2D eigenvalue weighted by atomic mass is 19.3. The minimum Gasteiger partial charge on any atom is -0.383 e. The summed E-state index contributed by atoms with van der Waals surface area (Å²) in [4.78, 5) is 3.51. The molecule has 0 bridgehead atoms. The SMILES string of the molecule is Cc1c(C(F)F)cnc(N)c1C#N. The van der Waals surface area contributed by atoms with Gasteiger partial charge in [-0.25, -0.2) is 13.8 Å². The molecule has 0 aromatic carbocycles. The molecule has 0 unspecified atom stereocenters. The Kier molecular flexibility index (Phi) is 2.42. The van der Waals surface area contributed by atoms with Gasteiger partial charge in [-0.05, 0) is 12.5 Å². The molecular weight excluding hydrogens is 176 g/mol. The zero-order valence-corrected chi connectivity index (χ0v) is 6.88. The number of alkyl halides is 2. The lowest BCUT2D eigenvalue weighted by Crippen LogP contribution is -2.01. The fourth-order valence-electron chi connectivity index (χ4n) is 0.998. The van der Waals surface area contributed by atoms with Crippen LogP contribution in [0.4, 0.5) is 14.6 Å². The molecule has 0 aliphatic rings. The van der Waals surface area contributed by atoms with Crippen LogP contribution in [0.5, 0.6) is 0 Å². The third kappa shape index (κ3) is 1.56. The van der Waals surface area contributed by atoms with Crippen molar-refractivity contribution in [1.82, 2.24) is 4.98 Å². The zero-order valence-electron chi connectivity index (χ0n) is 6.88. The number of nitrogens with two attached hydrogens (primary N) is 1. The van der Waals surface area contributed by atoms with Crippen LogP contribution in [0.25, 0.3) is 0 Å². The van der Waals surface area contributed by atoms with Gasteiger partial charge in [0.05, 0.1) is 5.56 Å². The first-order chi connectivity index (χ1) is 6.07. The largest absolute Gasteiger partial charge is 0.383 e. The van der Waals surface area contributed by atoms with Crippen LogP contribution in [-0.4, -0.2) is 4.98 Å². The van der Waals surface area contributed by atoms with E-state index in [9.17, 15) is 8.78 Å². The highest BCUT2D eigenvalue weighted by Crippen LogP contribution is 2.25. The molecule has 0 atom stereocenters. The topological polar surface area (TPSA) is 62.7 Å². The molecule has 5 heteroatoms. The van der Waals surface area contributed by atoms with Crippen molar-refractivity contribution in [1.29, 1.82) is 5.26 Å². The maximum Gasteiger partial charge on any atom is 0.265 e. The van der Waals surface area contributed by atoms with Crippen LogP contribution in [0.2, 0.25) is 0 Å². The number of halogens is 2. The van der Waals surface area contributed by atoms with Gasteiger partial charge < -0.3 is 5.73 Å². The van der Waals surface area contributed by atoms with Crippen LogP contribution in [0, 0.1) is 18.3 Å². The Morgan fingerprint density at radius 2 is 2.23 bits per heavy atom. The lowest BCUT2D eigenvalue weighted by Gasteiger charge is -2.06. The quantitative estimate of drug-likeness (QED) is 0.721. The van der Waals surface area contributed by atoms with Crippen LogP contribution in [0.1, 0.15) is 23.1 Å². The third-order valence-corrected chi connectivity index (χ3v) is 1.75. The second kappa shape index (κ2) is 3.35. The molecule has 0 saturated heterocycles. The predicted octanol–water partition coefficient (Wildman–Crippen LogP) is 1.78. The summed E-state index contributed by atoms with van der Waals surface area (Å²) in [5, 5.41) is 8.59. The van der Waals surface area contributed by atoms with E-state index in [1.54, 1.807) is 6.07 Å². The van der Waals surface area contributed by atoms with E-state index in [4.69, 9.17) is 11.0 Å². The molecular formula is C8H7F2N3. The van der Waals surface area contributed by atoms with Crippen molar-refractivity contribution in [3.8, 4) is 6.07 Å². The summed E-state index contributed by atoms with van der Waals surface area (Å²) in [6.07, 6.45) is -1.63. The van der Waals surface area contributed by atoms with Crippen molar-refractivity contribution >= 4 is 5.82 Å². The molecule has 1 aromatic rings. The molecule has 0 radical (unpaired) electrons. The highest BCUT2D eigenvalue weighted by Gasteiger charge is 2.15. The summed E-state index contributed by atoms with van der Waals surface area (Å²) >= 11 is 0. The maximum absolute atomic E-state index is 12.3. The Morgan fingerprint density at radius 3 is 2.69 bits per heavy atom. The van der Waals surface area contributed by atoms with Crippen LogP contribution in [0.3, 0.4) is 0 Å². The second-order valence-electron chi connectivity index (χ2n) is 2.51. The molecule has 1 rings (SSSR count). The van der Waals surface area contributed by atoms with E-state index >= 15 is 0 Å². The molecule has 1 aromatic heterocycles. The number of anilines is 1. The second-order valence-corrected chi connectivity index (χ2v) is 2.51. The Bertz CT molecular complexity index is 368. The summed E-state index contributed by atoms with van der Waals surface area (Å²) in [5.41, 5.74) is 5.30. The average Bonchev–Trinajstić information content (AvgIpc) is 2.04. The van der Waals surface area contributed by atoms with Gasteiger partial charge in [-0.1, -0.05) is 0 Å². The van der Waals surface area contributed by atoms with Gasteiger partial charge in [0, 0.05) is 11.8 Å².